The van der Waals surface area contributed by atoms with E-state index in [1.54, 1.807) is 0 Å². The van der Waals surface area contributed by atoms with E-state index in [2.05, 4.69) is 5.48 Å². The van der Waals surface area contributed by atoms with Crippen LogP contribution in [0.15, 0.2) is 11.3 Å². The van der Waals surface area contributed by atoms with E-state index in [9.17, 15) is 14.7 Å². The molecular formula is C17H25NO5. The van der Waals surface area contributed by atoms with Gasteiger partial charge in [-0.15, -0.1) is 0 Å². The first-order chi connectivity index (χ1) is 11.1. The number of nitrogens with one attached hydrogen (secondary N) is 1. The number of carbonyl (C=O) groups is 2. The molecule has 0 radical (unpaired) electrons. The largest absolute Gasteiger partial charge is 0.479 e. The van der Waals surface area contributed by atoms with Crippen molar-refractivity contribution >= 4 is 11.8 Å². The number of aliphatic hydroxyl groups excluding tert-OH is 1. The highest BCUT2D eigenvalue weighted by Crippen LogP contribution is 2.49. The summed E-state index contributed by atoms with van der Waals surface area (Å²) in [5.74, 6) is -0.431. The molecule has 3 aliphatic rings. The minimum Gasteiger partial charge on any atom is -0.479 e. The molecule has 0 aliphatic heterocycles. The van der Waals surface area contributed by atoms with Crippen molar-refractivity contribution in [3.63, 3.8) is 0 Å². The predicted octanol–water partition coefficient (Wildman–Crippen LogP) is 1.79. The van der Waals surface area contributed by atoms with Crippen molar-refractivity contribution in [3.05, 3.63) is 11.3 Å². The first-order valence-corrected chi connectivity index (χ1v) is 8.58. The lowest BCUT2D eigenvalue weighted by atomic mass is 9.83. The van der Waals surface area contributed by atoms with Gasteiger partial charge in [0.2, 0.25) is 0 Å². The number of fused-ring (bicyclic) bond motifs is 1. The summed E-state index contributed by atoms with van der Waals surface area (Å²) in [6, 6.07) is 0. The molecule has 0 aromatic carbocycles. The molecule has 0 spiro atoms. The van der Waals surface area contributed by atoms with Gasteiger partial charge in [-0.05, 0) is 30.8 Å². The smallest absolute Gasteiger partial charge is 0.332 e. The van der Waals surface area contributed by atoms with E-state index in [0.29, 0.717) is 25.2 Å². The third-order valence-electron chi connectivity index (χ3n) is 5.60. The van der Waals surface area contributed by atoms with Crippen LogP contribution >= 0.6 is 0 Å². The van der Waals surface area contributed by atoms with E-state index in [0.717, 1.165) is 17.7 Å². The summed E-state index contributed by atoms with van der Waals surface area (Å²) in [6.07, 6.45) is 7.19. The molecule has 3 N–H and O–H groups in total. The fourth-order valence-corrected chi connectivity index (χ4v) is 4.23. The summed E-state index contributed by atoms with van der Waals surface area (Å²) in [7, 11) is 0. The molecule has 2 saturated carbocycles. The van der Waals surface area contributed by atoms with Crippen LogP contribution in [0, 0.1) is 17.8 Å². The number of aliphatic hydroxyl groups is 1. The maximum absolute atomic E-state index is 12.4. The van der Waals surface area contributed by atoms with Crippen molar-refractivity contribution in [1.29, 1.82) is 0 Å². The Kier molecular flexibility index (Phi) is 5.02. The molecule has 3 aliphatic carbocycles. The number of allylic oxidation sites excluding steroid dienone is 1. The Bertz CT molecular complexity index is 509. The van der Waals surface area contributed by atoms with Crippen LogP contribution in [0.4, 0.5) is 0 Å². The van der Waals surface area contributed by atoms with E-state index in [1.165, 1.54) is 25.7 Å². The first kappa shape index (κ1) is 16.5. The number of carboxylic acids is 1. The molecular weight excluding hydrogens is 298 g/mol. The number of carboxylic acid groups (broad SMARTS) is 1. The van der Waals surface area contributed by atoms with Gasteiger partial charge in [-0.25, -0.2) is 4.79 Å². The zero-order valence-corrected chi connectivity index (χ0v) is 13.3. The maximum Gasteiger partial charge on any atom is 0.332 e. The molecule has 2 fully saturated rings. The molecule has 6 heteroatoms. The molecule has 0 heterocycles. The topological polar surface area (TPSA) is 95.9 Å². The highest BCUT2D eigenvalue weighted by atomic mass is 16.7. The summed E-state index contributed by atoms with van der Waals surface area (Å²) in [6.45, 7) is -0.409. The highest BCUT2D eigenvalue weighted by molar-refractivity contribution is 5.83. The SMILES string of the molecule is O=C(O)CONC1=C2C[C@@H](C(=O)CCC3CCCC3)C(O)[C@@H]2C1. The molecule has 0 saturated heterocycles. The summed E-state index contributed by atoms with van der Waals surface area (Å²) in [4.78, 5) is 27.7. The van der Waals surface area contributed by atoms with E-state index >= 15 is 0 Å². The van der Waals surface area contributed by atoms with Crippen LogP contribution in [0.1, 0.15) is 51.4 Å². The Morgan fingerprint density at radius 1 is 1.22 bits per heavy atom. The lowest BCUT2D eigenvalue weighted by Crippen LogP contribution is -2.34. The average molecular weight is 323 g/mol. The molecule has 6 nitrogen and oxygen atoms in total. The Hall–Kier alpha value is -1.40. The standard InChI is InChI=1S/C17H25NO5/c19-15(6-5-10-3-1-2-4-10)13-7-11-12(17(13)22)8-14(11)18-23-9-16(20)21/h10,12-13,17-18,22H,1-9H2,(H,20,21)/t12-,13+,17?/m1/s1. The Balaban J connectivity index is 1.49. The highest BCUT2D eigenvalue weighted by Gasteiger charge is 2.48. The van der Waals surface area contributed by atoms with Crippen LogP contribution in [0.25, 0.3) is 0 Å². The van der Waals surface area contributed by atoms with E-state index in [-0.39, 0.29) is 17.6 Å². The second-order valence-corrected chi connectivity index (χ2v) is 7.06. The van der Waals surface area contributed by atoms with Gasteiger partial charge in [-0.3, -0.25) is 15.1 Å². The van der Waals surface area contributed by atoms with Crippen molar-refractivity contribution in [2.24, 2.45) is 17.8 Å². The van der Waals surface area contributed by atoms with E-state index < -0.39 is 18.7 Å². The van der Waals surface area contributed by atoms with Gasteiger partial charge in [-0.2, -0.15) is 0 Å². The van der Waals surface area contributed by atoms with Crippen LogP contribution in [0.2, 0.25) is 0 Å². The average Bonchev–Trinajstić information content (AvgIpc) is 3.08. The zero-order valence-electron chi connectivity index (χ0n) is 13.3. The molecule has 128 valence electrons. The molecule has 0 aromatic rings. The lowest BCUT2D eigenvalue weighted by molar-refractivity contribution is -0.144. The fourth-order valence-electron chi connectivity index (χ4n) is 4.23. The van der Waals surface area contributed by atoms with Crippen molar-refractivity contribution in [3.8, 4) is 0 Å². The van der Waals surface area contributed by atoms with Gasteiger partial charge in [0.15, 0.2) is 6.61 Å². The summed E-state index contributed by atoms with van der Waals surface area (Å²) < 4.78 is 0. The van der Waals surface area contributed by atoms with E-state index in [4.69, 9.17) is 9.94 Å². The predicted molar refractivity (Wildman–Crippen MR) is 82.2 cm³/mol. The quantitative estimate of drug-likeness (QED) is 0.589. The Labute approximate surface area is 135 Å². The number of aliphatic carboxylic acids is 1. The van der Waals surface area contributed by atoms with E-state index in [1.807, 2.05) is 0 Å². The second kappa shape index (κ2) is 7.01. The van der Waals surface area contributed by atoms with Gasteiger partial charge >= 0.3 is 5.97 Å². The molecule has 0 bridgehead atoms. The fraction of sp³-hybridized carbons (Fsp3) is 0.765. The van der Waals surface area contributed by atoms with Crippen molar-refractivity contribution in [2.45, 2.75) is 57.5 Å². The third kappa shape index (κ3) is 3.58. The summed E-state index contributed by atoms with van der Waals surface area (Å²) in [5, 5.41) is 18.9. The van der Waals surface area contributed by atoms with Crippen molar-refractivity contribution in [1.82, 2.24) is 5.48 Å². The number of Topliss-reactive ketones (excluding diaryl/α,β-unsaturated/α-hetero) is 1. The number of hydroxylamine groups is 1. The Morgan fingerprint density at radius 2 is 1.96 bits per heavy atom. The van der Waals surface area contributed by atoms with Gasteiger partial charge in [-0.1, -0.05) is 25.7 Å². The van der Waals surface area contributed by atoms with Crippen molar-refractivity contribution in [2.75, 3.05) is 6.61 Å². The number of carbonyl (C=O) groups excluding carboxylic acids is 1. The number of ketones is 1. The van der Waals surface area contributed by atoms with Crippen LogP contribution in [-0.4, -0.2) is 34.7 Å². The number of hydrogen-bond donors (Lipinski definition) is 3. The van der Waals surface area contributed by atoms with Gasteiger partial charge in [0.1, 0.15) is 5.78 Å². The normalized spacial score (nSPS) is 30.2. The van der Waals surface area contributed by atoms with Gasteiger partial charge in [0.25, 0.3) is 0 Å². The molecule has 1 unspecified atom stereocenters. The minimum absolute atomic E-state index is 0.0337. The summed E-state index contributed by atoms with van der Waals surface area (Å²) in [5.41, 5.74) is 4.52. The first-order valence-electron chi connectivity index (χ1n) is 8.58. The zero-order chi connectivity index (χ0) is 16.4. The second-order valence-electron chi connectivity index (χ2n) is 7.06. The van der Waals surface area contributed by atoms with Crippen LogP contribution in [0.5, 0.6) is 0 Å². The lowest BCUT2D eigenvalue weighted by Gasteiger charge is -2.30. The Morgan fingerprint density at radius 3 is 2.65 bits per heavy atom. The van der Waals surface area contributed by atoms with Gasteiger partial charge < -0.3 is 10.2 Å². The molecule has 0 amide bonds. The molecule has 23 heavy (non-hydrogen) atoms. The van der Waals surface area contributed by atoms with Crippen LogP contribution < -0.4 is 5.48 Å². The third-order valence-corrected chi connectivity index (χ3v) is 5.60. The number of hydrogen-bond acceptors (Lipinski definition) is 5. The molecule has 0 aromatic heterocycles. The molecule has 3 atom stereocenters. The maximum atomic E-state index is 12.4. The number of rotatable bonds is 8. The van der Waals surface area contributed by atoms with Crippen LogP contribution in [0.3, 0.4) is 0 Å². The molecule has 3 rings (SSSR count). The van der Waals surface area contributed by atoms with Crippen molar-refractivity contribution < 1.29 is 24.6 Å². The van der Waals surface area contributed by atoms with Gasteiger partial charge in [0.05, 0.1) is 6.10 Å². The summed E-state index contributed by atoms with van der Waals surface area (Å²) >= 11 is 0. The van der Waals surface area contributed by atoms with Gasteiger partial charge in [0, 0.05) is 24.0 Å². The van der Waals surface area contributed by atoms with Crippen LogP contribution in [-0.2, 0) is 14.4 Å². The monoisotopic (exact) mass is 323 g/mol. The minimum atomic E-state index is -1.04.